The summed E-state index contributed by atoms with van der Waals surface area (Å²) in [4.78, 5) is 0. The van der Waals surface area contributed by atoms with Gasteiger partial charge in [-0.1, -0.05) is 12.1 Å². The number of methoxy groups -OCH3 is 1. The number of piperidine rings is 1. The Bertz CT molecular complexity index is 318. The van der Waals surface area contributed by atoms with E-state index >= 15 is 0 Å². The fourth-order valence-electron chi connectivity index (χ4n) is 2.37. The Labute approximate surface area is 98.0 Å². The second-order valence-electron chi connectivity index (χ2n) is 4.60. The van der Waals surface area contributed by atoms with Crippen molar-refractivity contribution >= 4 is 0 Å². The van der Waals surface area contributed by atoms with Crippen LogP contribution in [0, 0.1) is 5.92 Å². The van der Waals surface area contributed by atoms with Crippen molar-refractivity contribution in [3.8, 4) is 5.75 Å². The van der Waals surface area contributed by atoms with Crippen molar-refractivity contribution in [2.45, 2.75) is 25.7 Å². The first kappa shape index (κ1) is 11.5. The van der Waals surface area contributed by atoms with E-state index in [-0.39, 0.29) is 0 Å². The normalized spacial score (nSPS) is 20.7. The quantitative estimate of drug-likeness (QED) is 0.840. The smallest absolute Gasteiger partial charge is 0.119 e. The van der Waals surface area contributed by atoms with E-state index in [0.29, 0.717) is 0 Å². The van der Waals surface area contributed by atoms with Crippen LogP contribution in [0.2, 0.25) is 0 Å². The highest BCUT2D eigenvalue weighted by Gasteiger charge is 2.12. The number of benzene rings is 1. The molecule has 1 aromatic carbocycles. The molecule has 1 heterocycles. The minimum atomic E-state index is 0.861. The first-order chi connectivity index (χ1) is 7.88. The average Bonchev–Trinajstić information content (AvgIpc) is 2.38. The van der Waals surface area contributed by atoms with Gasteiger partial charge in [0.1, 0.15) is 5.75 Å². The summed E-state index contributed by atoms with van der Waals surface area (Å²) in [6.07, 6.45) is 5.18. The fourth-order valence-corrected chi connectivity index (χ4v) is 2.37. The van der Waals surface area contributed by atoms with Gasteiger partial charge < -0.3 is 10.1 Å². The lowest BCUT2D eigenvalue weighted by Gasteiger charge is -2.22. The molecule has 0 amide bonds. The number of rotatable bonds is 4. The van der Waals surface area contributed by atoms with Gasteiger partial charge in [0.2, 0.25) is 0 Å². The molecule has 0 unspecified atom stereocenters. The zero-order valence-corrected chi connectivity index (χ0v) is 10.0. The standard InChI is InChI=1S/C14H21NO/c1-16-14-6-2-4-12(10-14)7-8-13-5-3-9-15-11-13/h2,4,6,10,13,15H,3,5,7-9,11H2,1H3/t13-/m1/s1. The Kier molecular flexibility index (Phi) is 4.23. The van der Waals surface area contributed by atoms with Crippen molar-refractivity contribution < 1.29 is 4.74 Å². The molecule has 0 bridgehead atoms. The molecule has 88 valence electrons. The summed E-state index contributed by atoms with van der Waals surface area (Å²) in [5.74, 6) is 1.83. The van der Waals surface area contributed by atoms with E-state index in [9.17, 15) is 0 Å². The van der Waals surface area contributed by atoms with Crippen LogP contribution in [0.25, 0.3) is 0 Å². The molecule has 0 spiro atoms. The Balaban J connectivity index is 1.83. The summed E-state index contributed by atoms with van der Waals surface area (Å²) in [5, 5.41) is 3.47. The molecule has 1 N–H and O–H groups in total. The van der Waals surface area contributed by atoms with E-state index in [4.69, 9.17) is 4.74 Å². The molecule has 0 saturated carbocycles. The maximum atomic E-state index is 5.23. The summed E-state index contributed by atoms with van der Waals surface area (Å²) in [6.45, 7) is 2.40. The first-order valence-electron chi connectivity index (χ1n) is 6.22. The Morgan fingerprint density at radius 2 is 2.38 bits per heavy atom. The van der Waals surface area contributed by atoms with Gasteiger partial charge in [-0.25, -0.2) is 0 Å². The summed E-state index contributed by atoms with van der Waals surface area (Å²) in [6, 6.07) is 8.42. The van der Waals surface area contributed by atoms with Crippen molar-refractivity contribution in [3.05, 3.63) is 29.8 Å². The predicted octanol–water partition coefficient (Wildman–Crippen LogP) is 2.63. The molecule has 1 atom stereocenters. The van der Waals surface area contributed by atoms with Gasteiger partial charge in [-0.05, 0) is 62.4 Å². The minimum Gasteiger partial charge on any atom is -0.497 e. The maximum Gasteiger partial charge on any atom is 0.119 e. The molecule has 1 saturated heterocycles. The van der Waals surface area contributed by atoms with Crippen LogP contribution in [0.4, 0.5) is 0 Å². The van der Waals surface area contributed by atoms with E-state index in [1.165, 1.54) is 44.3 Å². The lowest BCUT2D eigenvalue weighted by molar-refractivity contribution is 0.358. The van der Waals surface area contributed by atoms with E-state index in [2.05, 4.69) is 23.5 Å². The Morgan fingerprint density at radius 1 is 1.44 bits per heavy atom. The highest BCUT2D eigenvalue weighted by Crippen LogP contribution is 2.19. The molecule has 0 aromatic heterocycles. The monoisotopic (exact) mass is 219 g/mol. The lowest BCUT2D eigenvalue weighted by Crippen LogP contribution is -2.29. The number of nitrogens with one attached hydrogen (secondary N) is 1. The van der Waals surface area contributed by atoms with Crippen LogP contribution in [0.3, 0.4) is 0 Å². The summed E-state index contributed by atoms with van der Waals surface area (Å²) >= 11 is 0. The molecular formula is C14H21NO. The largest absolute Gasteiger partial charge is 0.497 e. The SMILES string of the molecule is COc1cccc(CC[C@H]2CCCNC2)c1. The molecule has 1 aliphatic heterocycles. The maximum absolute atomic E-state index is 5.23. The van der Waals surface area contributed by atoms with Crippen LogP contribution in [0.15, 0.2) is 24.3 Å². The van der Waals surface area contributed by atoms with Crippen molar-refractivity contribution in [3.63, 3.8) is 0 Å². The summed E-state index contributed by atoms with van der Waals surface area (Å²) in [5.41, 5.74) is 1.39. The molecule has 0 radical (unpaired) electrons. The van der Waals surface area contributed by atoms with Crippen LogP contribution >= 0.6 is 0 Å². The van der Waals surface area contributed by atoms with Gasteiger partial charge in [-0.3, -0.25) is 0 Å². The van der Waals surface area contributed by atoms with Crippen molar-refractivity contribution in [1.29, 1.82) is 0 Å². The number of aryl methyl sites for hydroxylation is 1. The van der Waals surface area contributed by atoms with Gasteiger partial charge in [0, 0.05) is 0 Å². The van der Waals surface area contributed by atoms with Crippen LogP contribution in [0.1, 0.15) is 24.8 Å². The molecule has 2 heteroatoms. The second-order valence-corrected chi connectivity index (χ2v) is 4.60. The van der Waals surface area contributed by atoms with Crippen molar-refractivity contribution in [2.24, 2.45) is 5.92 Å². The van der Waals surface area contributed by atoms with Gasteiger partial charge in [-0.2, -0.15) is 0 Å². The fraction of sp³-hybridized carbons (Fsp3) is 0.571. The Hall–Kier alpha value is -1.02. The highest BCUT2D eigenvalue weighted by atomic mass is 16.5. The minimum absolute atomic E-state index is 0.861. The molecule has 2 rings (SSSR count). The molecular weight excluding hydrogens is 198 g/mol. The first-order valence-corrected chi connectivity index (χ1v) is 6.22. The van der Waals surface area contributed by atoms with Crippen molar-refractivity contribution in [1.82, 2.24) is 5.32 Å². The molecule has 1 aromatic rings. The van der Waals surface area contributed by atoms with Crippen molar-refractivity contribution in [2.75, 3.05) is 20.2 Å². The van der Waals surface area contributed by atoms with E-state index < -0.39 is 0 Å². The van der Waals surface area contributed by atoms with Gasteiger partial charge in [0.15, 0.2) is 0 Å². The third kappa shape index (κ3) is 3.24. The zero-order valence-electron chi connectivity index (χ0n) is 10.0. The van der Waals surface area contributed by atoms with E-state index in [1.54, 1.807) is 7.11 Å². The summed E-state index contributed by atoms with van der Waals surface area (Å²) < 4.78 is 5.23. The van der Waals surface area contributed by atoms with Crippen LogP contribution < -0.4 is 10.1 Å². The second kappa shape index (κ2) is 5.90. The van der Waals surface area contributed by atoms with Crippen LogP contribution in [-0.4, -0.2) is 20.2 Å². The van der Waals surface area contributed by atoms with Gasteiger partial charge >= 0.3 is 0 Å². The molecule has 0 aliphatic carbocycles. The Morgan fingerprint density at radius 3 is 3.12 bits per heavy atom. The average molecular weight is 219 g/mol. The van der Waals surface area contributed by atoms with Gasteiger partial charge in [0.05, 0.1) is 7.11 Å². The summed E-state index contributed by atoms with van der Waals surface area (Å²) in [7, 11) is 1.73. The molecule has 1 fully saturated rings. The predicted molar refractivity (Wildman–Crippen MR) is 66.9 cm³/mol. The molecule has 1 aliphatic rings. The highest BCUT2D eigenvalue weighted by molar-refractivity contribution is 5.28. The van der Waals surface area contributed by atoms with Gasteiger partial charge in [0.25, 0.3) is 0 Å². The third-order valence-electron chi connectivity index (χ3n) is 3.37. The van der Waals surface area contributed by atoms with Gasteiger partial charge in [-0.15, -0.1) is 0 Å². The number of ether oxygens (including phenoxy) is 1. The lowest BCUT2D eigenvalue weighted by atomic mass is 9.93. The zero-order chi connectivity index (χ0) is 11.2. The topological polar surface area (TPSA) is 21.3 Å². The van der Waals surface area contributed by atoms with E-state index in [1.807, 2.05) is 6.07 Å². The van der Waals surface area contributed by atoms with Crippen LogP contribution in [-0.2, 0) is 6.42 Å². The number of hydrogen-bond acceptors (Lipinski definition) is 2. The number of hydrogen-bond donors (Lipinski definition) is 1. The van der Waals surface area contributed by atoms with Crippen LogP contribution in [0.5, 0.6) is 5.75 Å². The molecule has 2 nitrogen and oxygen atoms in total. The third-order valence-corrected chi connectivity index (χ3v) is 3.37. The van der Waals surface area contributed by atoms with E-state index in [0.717, 1.165) is 11.7 Å². The molecule has 16 heavy (non-hydrogen) atoms.